The molecule has 10 nitrogen and oxygen atoms in total. The number of aliphatic hydroxyl groups excluding tert-OH is 1. The van der Waals surface area contributed by atoms with Crippen LogP contribution in [0.3, 0.4) is 0 Å². The maximum Gasteiger partial charge on any atom is 0.321 e. The van der Waals surface area contributed by atoms with Crippen LogP contribution >= 0.6 is 0 Å². The van der Waals surface area contributed by atoms with Crippen LogP contribution < -0.4 is 5.32 Å². The molecule has 35 heavy (non-hydrogen) atoms. The van der Waals surface area contributed by atoms with Crippen molar-refractivity contribution in [2.45, 2.75) is 56.5 Å². The molecule has 0 bridgehead atoms. The second-order valence-electron chi connectivity index (χ2n) is 9.28. The number of carbonyl (C=O) groups is 4. The van der Waals surface area contributed by atoms with Gasteiger partial charge in [0.1, 0.15) is 18.5 Å². The molecule has 1 atom stereocenters. The molecule has 3 fully saturated rings. The Morgan fingerprint density at radius 1 is 1.11 bits per heavy atom. The average Bonchev–Trinajstić information content (AvgIpc) is 2.88. The normalized spacial score (nSPS) is 22.9. The monoisotopic (exact) mass is 490 g/mol. The molecule has 4 rings (SSSR count). The zero-order valence-electron chi connectivity index (χ0n) is 19.5. The Balaban J connectivity index is 1.30. The molecule has 11 heteroatoms. The lowest BCUT2D eigenvalue weighted by Gasteiger charge is -2.41. The fraction of sp³-hybridized carbons (Fsp3) is 0.583. The van der Waals surface area contributed by atoms with Gasteiger partial charge in [-0.15, -0.1) is 5.06 Å². The van der Waals surface area contributed by atoms with E-state index in [4.69, 9.17) is 5.11 Å². The van der Waals surface area contributed by atoms with Gasteiger partial charge in [0, 0.05) is 31.2 Å². The highest BCUT2D eigenvalue weighted by atomic mass is 19.1. The summed E-state index contributed by atoms with van der Waals surface area (Å²) >= 11 is 0. The number of nitrogens with one attached hydrogen (secondary N) is 1. The Labute approximate surface area is 202 Å². The van der Waals surface area contributed by atoms with Gasteiger partial charge in [0.25, 0.3) is 11.8 Å². The van der Waals surface area contributed by atoms with Crippen LogP contribution in [0.25, 0.3) is 0 Å². The summed E-state index contributed by atoms with van der Waals surface area (Å²) in [6.07, 6.45) is 3.69. The van der Waals surface area contributed by atoms with Crippen molar-refractivity contribution in [2.75, 3.05) is 38.1 Å². The quantitative estimate of drug-likeness (QED) is 0.429. The van der Waals surface area contributed by atoms with Crippen molar-refractivity contribution in [3.8, 4) is 0 Å². The lowest BCUT2D eigenvalue weighted by Crippen LogP contribution is -2.50. The second kappa shape index (κ2) is 11.1. The number of rotatable bonds is 7. The highest BCUT2D eigenvalue weighted by Crippen LogP contribution is 2.33. The third kappa shape index (κ3) is 5.62. The van der Waals surface area contributed by atoms with Gasteiger partial charge < -0.3 is 25.1 Å². The van der Waals surface area contributed by atoms with Gasteiger partial charge in [-0.1, -0.05) is 6.07 Å². The fourth-order valence-electron chi connectivity index (χ4n) is 5.35. The molecular weight excluding hydrogens is 459 g/mol. The number of imide groups is 1. The number of aliphatic hydroxyl groups is 1. The summed E-state index contributed by atoms with van der Waals surface area (Å²) in [6, 6.07) is 4.45. The van der Waals surface area contributed by atoms with Crippen molar-refractivity contribution in [1.82, 2.24) is 14.9 Å². The first-order chi connectivity index (χ1) is 16.9. The van der Waals surface area contributed by atoms with Crippen LogP contribution in [0.2, 0.25) is 0 Å². The fourth-order valence-corrected chi connectivity index (χ4v) is 5.35. The summed E-state index contributed by atoms with van der Waals surface area (Å²) in [5.41, 5.74) is 1.07. The Bertz CT molecular complexity index is 959. The van der Waals surface area contributed by atoms with E-state index in [1.54, 1.807) is 17.0 Å². The lowest BCUT2D eigenvalue weighted by molar-refractivity contribution is -0.197. The van der Waals surface area contributed by atoms with Crippen LogP contribution in [0.4, 0.5) is 10.1 Å². The number of anilines is 1. The summed E-state index contributed by atoms with van der Waals surface area (Å²) in [7, 11) is 0. The van der Waals surface area contributed by atoms with Gasteiger partial charge in [-0.2, -0.15) is 0 Å². The van der Waals surface area contributed by atoms with Crippen LogP contribution in [-0.4, -0.2) is 89.0 Å². The van der Waals surface area contributed by atoms with Gasteiger partial charge in [0.15, 0.2) is 0 Å². The Morgan fingerprint density at radius 3 is 2.46 bits per heavy atom. The minimum atomic E-state index is -0.791. The molecule has 2 N–H and O–H groups in total. The number of piperidine rings is 3. The zero-order chi connectivity index (χ0) is 24.9. The highest BCUT2D eigenvalue weighted by molar-refractivity contribution is 6.00. The number of likely N-dealkylation sites (tertiary alicyclic amines) is 2. The molecule has 3 amide bonds. The molecule has 0 aromatic heterocycles. The van der Waals surface area contributed by atoms with Gasteiger partial charge in [-0.3, -0.25) is 19.2 Å². The molecule has 3 aliphatic rings. The number of carbonyl (C=O) groups excluding carboxylic acids is 4. The number of hydrogen-bond acceptors (Lipinski definition) is 8. The third-order valence-corrected chi connectivity index (χ3v) is 7.30. The average molecular weight is 491 g/mol. The standard InChI is InChI=1S/C24H31FN4O6/c25-20-13-17(26-21-3-4-22(32)29(24(21)34)35-15-31)1-2-19(20)16-5-9-27(10-6-16)18-7-11-28(12-8-18)23(33)14-30/h1-2,13,15-16,18,21,26,30H,3-12,14H2. The zero-order valence-corrected chi connectivity index (χ0v) is 19.5. The van der Waals surface area contributed by atoms with E-state index in [1.165, 1.54) is 6.07 Å². The molecule has 0 aliphatic carbocycles. The van der Waals surface area contributed by atoms with Crippen LogP contribution in [-0.2, 0) is 24.0 Å². The first kappa shape index (κ1) is 25.1. The molecule has 0 saturated carbocycles. The summed E-state index contributed by atoms with van der Waals surface area (Å²) in [6.45, 7) is 2.62. The van der Waals surface area contributed by atoms with E-state index in [9.17, 15) is 19.2 Å². The maximum atomic E-state index is 15.0. The van der Waals surface area contributed by atoms with Gasteiger partial charge in [0.05, 0.1) is 0 Å². The largest absolute Gasteiger partial charge is 0.387 e. The van der Waals surface area contributed by atoms with E-state index in [0.717, 1.165) is 38.8 Å². The summed E-state index contributed by atoms with van der Waals surface area (Å²) < 4.78 is 15.0. The van der Waals surface area contributed by atoms with Crippen LogP contribution in [0.15, 0.2) is 18.2 Å². The number of hydrogen-bond donors (Lipinski definition) is 2. The van der Waals surface area contributed by atoms with E-state index in [-0.39, 0.29) is 37.0 Å². The molecule has 1 aromatic rings. The minimum Gasteiger partial charge on any atom is -0.387 e. The van der Waals surface area contributed by atoms with E-state index in [2.05, 4.69) is 15.1 Å². The maximum absolute atomic E-state index is 15.0. The molecule has 0 radical (unpaired) electrons. The van der Waals surface area contributed by atoms with E-state index in [0.29, 0.717) is 35.4 Å². The van der Waals surface area contributed by atoms with Gasteiger partial charge >= 0.3 is 6.47 Å². The van der Waals surface area contributed by atoms with Crippen molar-refractivity contribution in [3.05, 3.63) is 29.6 Å². The molecule has 3 aliphatic heterocycles. The van der Waals surface area contributed by atoms with Crippen LogP contribution in [0.1, 0.15) is 50.0 Å². The molecule has 3 saturated heterocycles. The SMILES string of the molecule is O=CON1C(=O)CCC(Nc2ccc(C3CCN(C4CCN(C(=O)CO)CC4)CC3)c(F)c2)C1=O. The summed E-state index contributed by atoms with van der Waals surface area (Å²) in [5, 5.41) is 12.4. The number of benzene rings is 1. The van der Waals surface area contributed by atoms with Crippen molar-refractivity contribution in [1.29, 1.82) is 0 Å². The number of nitrogens with zero attached hydrogens (tertiary/aromatic N) is 3. The van der Waals surface area contributed by atoms with Crippen molar-refractivity contribution in [3.63, 3.8) is 0 Å². The molecule has 1 aromatic carbocycles. The van der Waals surface area contributed by atoms with Crippen LogP contribution in [0, 0.1) is 5.82 Å². The first-order valence-corrected chi connectivity index (χ1v) is 12.1. The summed E-state index contributed by atoms with van der Waals surface area (Å²) in [4.78, 5) is 55.0. The van der Waals surface area contributed by atoms with E-state index in [1.807, 2.05) is 0 Å². The highest BCUT2D eigenvalue weighted by Gasteiger charge is 2.36. The predicted octanol–water partition coefficient (Wildman–Crippen LogP) is 1.01. The lowest BCUT2D eigenvalue weighted by atomic mass is 9.87. The Hall–Kier alpha value is -3.05. The van der Waals surface area contributed by atoms with Crippen molar-refractivity contribution in [2.24, 2.45) is 0 Å². The number of halogens is 1. The molecule has 0 spiro atoms. The molecular formula is C24H31FN4O6. The van der Waals surface area contributed by atoms with Crippen LogP contribution in [0.5, 0.6) is 0 Å². The Kier molecular flexibility index (Phi) is 7.97. The number of hydroxylamine groups is 2. The summed E-state index contributed by atoms with van der Waals surface area (Å²) in [5.74, 6) is -1.73. The predicted molar refractivity (Wildman–Crippen MR) is 122 cm³/mol. The third-order valence-electron chi connectivity index (χ3n) is 7.30. The molecule has 1 unspecified atom stereocenters. The Morgan fingerprint density at radius 2 is 1.83 bits per heavy atom. The van der Waals surface area contributed by atoms with Gasteiger partial charge in [0.2, 0.25) is 5.91 Å². The number of amides is 3. The smallest absolute Gasteiger partial charge is 0.321 e. The van der Waals surface area contributed by atoms with Gasteiger partial charge in [-0.05, 0) is 68.8 Å². The van der Waals surface area contributed by atoms with E-state index >= 15 is 4.39 Å². The van der Waals surface area contributed by atoms with Crippen molar-refractivity contribution >= 4 is 29.9 Å². The van der Waals surface area contributed by atoms with Crippen molar-refractivity contribution < 1.29 is 33.5 Å². The molecule has 3 heterocycles. The van der Waals surface area contributed by atoms with E-state index < -0.39 is 24.5 Å². The topological polar surface area (TPSA) is 119 Å². The molecule has 190 valence electrons. The second-order valence-corrected chi connectivity index (χ2v) is 9.28. The minimum absolute atomic E-state index is 0.0269. The van der Waals surface area contributed by atoms with Gasteiger partial charge in [-0.25, -0.2) is 4.39 Å². The first-order valence-electron chi connectivity index (χ1n) is 12.1.